The minimum atomic E-state index is -0.364. The van der Waals surface area contributed by atoms with E-state index >= 15 is 0 Å². The zero-order chi connectivity index (χ0) is 10.1. The summed E-state index contributed by atoms with van der Waals surface area (Å²) in [5.74, 6) is 0. The van der Waals surface area contributed by atoms with Gasteiger partial charge in [-0.1, -0.05) is 20.8 Å². The van der Waals surface area contributed by atoms with E-state index in [0.29, 0.717) is 5.16 Å². The highest BCUT2D eigenvalue weighted by Gasteiger charge is 2.24. The van der Waals surface area contributed by atoms with Crippen LogP contribution in [0.2, 0.25) is 0 Å². The molecule has 0 bridgehead atoms. The molecule has 0 spiro atoms. The molecule has 6 heteroatoms. The summed E-state index contributed by atoms with van der Waals surface area (Å²) in [6.07, 6.45) is 0. The molecule has 1 rings (SSSR count). The zero-order valence-corrected chi connectivity index (χ0v) is 8.92. The molecule has 0 aliphatic heterocycles. The van der Waals surface area contributed by atoms with Crippen LogP contribution in [0.25, 0.3) is 0 Å². The van der Waals surface area contributed by atoms with Gasteiger partial charge in [0.2, 0.25) is 10.3 Å². The van der Waals surface area contributed by atoms with Gasteiger partial charge >= 0.3 is 0 Å². The second-order valence-corrected chi connectivity index (χ2v) is 4.66. The highest BCUT2D eigenvalue weighted by Crippen LogP contribution is 2.26. The van der Waals surface area contributed by atoms with Gasteiger partial charge in [-0.2, -0.15) is 0 Å². The van der Waals surface area contributed by atoms with Gasteiger partial charge in [-0.15, -0.1) is 5.10 Å². The molecule has 0 saturated heterocycles. The van der Waals surface area contributed by atoms with E-state index in [4.69, 9.17) is 0 Å². The molecule has 0 amide bonds. The highest BCUT2D eigenvalue weighted by atomic mass is 32.2. The number of hydrogen-bond donors (Lipinski definition) is 0. The number of carbonyl (C=O) groups is 1. The van der Waals surface area contributed by atoms with Crippen molar-refractivity contribution in [3.8, 4) is 0 Å². The molecule has 0 unspecified atom stereocenters. The van der Waals surface area contributed by atoms with Gasteiger partial charge in [0.15, 0.2) is 0 Å². The van der Waals surface area contributed by atoms with Crippen LogP contribution in [0.1, 0.15) is 20.8 Å². The number of tetrazole rings is 1. The van der Waals surface area contributed by atoms with Gasteiger partial charge in [-0.3, -0.25) is 4.79 Å². The van der Waals surface area contributed by atoms with Crippen LogP contribution < -0.4 is 0 Å². The van der Waals surface area contributed by atoms with Gasteiger partial charge in [0, 0.05) is 12.5 Å². The van der Waals surface area contributed by atoms with Gasteiger partial charge in [-0.05, 0) is 22.2 Å². The van der Waals surface area contributed by atoms with E-state index in [1.807, 2.05) is 20.8 Å². The summed E-state index contributed by atoms with van der Waals surface area (Å²) in [7, 11) is 1.71. The molecule has 0 fully saturated rings. The predicted molar refractivity (Wildman–Crippen MR) is 49.1 cm³/mol. The Hall–Kier alpha value is -0.910. The summed E-state index contributed by atoms with van der Waals surface area (Å²) in [4.78, 5) is 11.5. The summed E-state index contributed by atoms with van der Waals surface area (Å²) in [5.41, 5.74) is -0.364. The fraction of sp³-hybridized carbons (Fsp3) is 0.714. The first-order chi connectivity index (χ1) is 5.91. The predicted octanol–water partition coefficient (Wildman–Crippen LogP) is 0.875. The Balaban J connectivity index is 2.71. The maximum Gasteiger partial charge on any atom is 0.216 e. The number of rotatable bonds is 1. The molecular weight excluding hydrogens is 188 g/mol. The van der Waals surface area contributed by atoms with Crippen LogP contribution in [0.15, 0.2) is 5.16 Å². The first kappa shape index (κ1) is 10.2. The Morgan fingerprint density at radius 3 is 2.46 bits per heavy atom. The summed E-state index contributed by atoms with van der Waals surface area (Å²) in [6.45, 7) is 5.60. The van der Waals surface area contributed by atoms with Crippen LogP contribution in [-0.4, -0.2) is 25.3 Å². The van der Waals surface area contributed by atoms with Crippen molar-refractivity contribution in [2.24, 2.45) is 12.5 Å². The molecule has 0 radical (unpaired) electrons. The monoisotopic (exact) mass is 200 g/mol. The standard InChI is InChI=1S/C7H12N4OS/c1-7(2,3)5(12)13-6-8-9-10-11(6)4/h1-4H3. The van der Waals surface area contributed by atoms with E-state index in [9.17, 15) is 4.79 Å². The van der Waals surface area contributed by atoms with Gasteiger partial charge in [-0.25, -0.2) is 4.68 Å². The third kappa shape index (κ3) is 2.51. The van der Waals surface area contributed by atoms with Gasteiger partial charge in [0.25, 0.3) is 0 Å². The van der Waals surface area contributed by atoms with Crippen LogP contribution in [0, 0.1) is 5.41 Å². The molecule has 0 N–H and O–H groups in total. The Labute approximate surface area is 80.9 Å². The van der Waals surface area contributed by atoms with Crippen molar-refractivity contribution in [3.63, 3.8) is 0 Å². The maximum absolute atomic E-state index is 11.5. The summed E-state index contributed by atoms with van der Waals surface area (Å²) < 4.78 is 1.48. The fourth-order valence-corrected chi connectivity index (χ4v) is 1.26. The fourth-order valence-electron chi connectivity index (χ4n) is 0.544. The zero-order valence-electron chi connectivity index (χ0n) is 8.11. The van der Waals surface area contributed by atoms with Crippen LogP contribution in [0.5, 0.6) is 0 Å². The minimum Gasteiger partial charge on any atom is -0.286 e. The molecule has 0 aliphatic carbocycles. The first-order valence-electron chi connectivity index (χ1n) is 3.86. The van der Waals surface area contributed by atoms with E-state index in [2.05, 4.69) is 15.5 Å². The molecular formula is C7H12N4OS. The lowest BCUT2D eigenvalue weighted by Crippen LogP contribution is -2.16. The van der Waals surface area contributed by atoms with E-state index in [1.54, 1.807) is 7.05 Å². The van der Waals surface area contributed by atoms with Crippen molar-refractivity contribution in [3.05, 3.63) is 0 Å². The lowest BCUT2D eigenvalue weighted by molar-refractivity contribution is -0.117. The van der Waals surface area contributed by atoms with E-state index in [0.717, 1.165) is 11.8 Å². The lowest BCUT2D eigenvalue weighted by Gasteiger charge is -2.14. The molecule has 1 aromatic heterocycles. The molecule has 5 nitrogen and oxygen atoms in total. The minimum absolute atomic E-state index is 0.0606. The Morgan fingerprint density at radius 1 is 1.46 bits per heavy atom. The second-order valence-electron chi connectivity index (χ2n) is 3.72. The highest BCUT2D eigenvalue weighted by molar-refractivity contribution is 8.13. The normalized spacial score (nSPS) is 11.7. The van der Waals surface area contributed by atoms with E-state index < -0.39 is 0 Å². The van der Waals surface area contributed by atoms with E-state index in [1.165, 1.54) is 4.68 Å². The summed E-state index contributed by atoms with van der Waals surface area (Å²) in [5, 5.41) is 11.4. The number of aromatic nitrogens is 4. The van der Waals surface area contributed by atoms with Crippen molar-refractivity contribution in [2.45, 2.75) is 25.9 Å². The van der Waals surface area contributed by atoms with Gasteiger partial charge in [0.1, 0.15) is 0 Å². The largest absolute Gasteiger partial charge is 0.286 e. The first-order valence-corrected chi connectivity index (χ1v) is 4.67. The Kier molecular flexibility index (Phi) is 2.70. The molecule has 1 aromatic rings. The molecule has 0 aliphatic rings. The molecule has 0 atom stereocenters. The average molecular weight is 200 g/mol. The van der Waals surface area contributed by atoms with Crippen molar-refractivity contribution in [1.29, 1.82) is 0 Å². The third-order valence-corrected chi connectivity index (χ3v) is 2.70. The van der Waals surface area contributed by atoms with Crippen molar-refractivity contribution < 1.29 is 4.79 Å². The molecule has 13 heavy (non-hydrogen) atoms. The number of hydrogen-bond acceptors (Lipinski definition) is 5. The third-order valence-electron chi connectivity index (χ3n) is 1.38. The Bertz CT molecular complexity index is 315. The molecule has 0 saturated carbocycles. The number of carbonyl (C=O) groups excluding carboxylic acids is 1. The number of nitrogens with zero attached hydrogens (tertiary/aromatic N) is 4. The van der Waals surface area contributed by atoms with Crippen LogP contribution in [0.4, 0.5) is 0 Å². The molecule has 1 heterocycles. The van der Waals surface area contributed by atoms with E-state index in [-0.39, 0.29) is 10.5 Å². The summed E-state index contributed by atoms with van der Waals surface area (Å²) in [6, 6.07) is 0. The Morgan fingerprint density at radius 2 is 2.08 bits per heavy atom. The van der Waals surface area contributed by atoms with Crippen LogP contribution >= 0.6 is 11.8 Å². The summed E-state index contributed by atoms with van der Waals surface area (Å²) >= 11 is 1.07. The van der Waals surface area contributed by atoms with Gasteiger partial charge < -0.3 is 0 Å². The quantitative estimate of drug-likeness (QED) is 0.630. The SMILES string of the molecule is Cn1nnnc1SC(=O)C(C)(C)C. The van der Waals surface area contributed by atoms with Gasteiger partial charge in [0.05, 0.1) is 0 Å². The average Bonchev–Trinajstić information content (AvgIpc) is 2.34. The van der Waals surface area contributed by atoms with Crippen molar-refractivity contribution >= 4 is 16.9 Å². The second kappa shape index (κ2) is 3.45. The smallest absolute Gasteiger partial charge is 0.216 e. The number of thioether (sulfide) groups is 1. The maximum atomic E-state index is 11.5. The van der Waals surface area contributed by atoms with Crippen molar-refractivity contribution in [1.82, 2.24) is 20.2 Å². The van der Waals surface area contributed by atoms with Crippen molar-refractivity contribution in [2.75, 3.05) is 0 Å². The lowest BCUT2D eigenvalue weighted by atomic mass is 10.00. The van der Waals surface area contributed by atoms with Crippen LogP contribution in [0.3, 0.4) is 0 Å². The molecule has 72 valence electrons. The van der Waals surface area contributed by atoms with Crippen LogP contribution in [-0.2, 0) is 11.8 Å². The topological polar surface area (TPSA) is 60.7 Å². The molecule has 0 aromatic carbocycles. The number of aryl methyl sites for hydroxylation is 1.